The highest BCUT2D eigenvalue weighted by molar-refractivity contribution is 5.76. The van der Waals surface area contributed by atoms with Gasteiger partial charge in [-0.2, -0.15) is 0 Å². The van der Waals surface area contributed by atoms with Crippen LogP contribution in [0.15, 0.2) is 0 Å². The van der Waals surface area contributed by atoms with E-state index in [-0.39, 0.29) is 24.0 Å². The molecule has 18 heavy (non-hydrogen) atoms. The van der Waals surface area contributed by atoms with E-state index >= 15 is 0 Å². The zero-order valence-electron chi connectivity index (χ0n) is 11.3. The maximum atomic E-state index is 8.36. The summed E-state index contributed by atoms with van der Waals surface area (Å²) in [6, 6.07) is 0. The molecule has 0 aliphatic carbocycles. The number of nitrogens with one attached hydrogen (secondary N) is 3. The highest BCUT2D eigenvalue weighted by atomic mass is 16.3. The van der Waals surface area contributed by atoms with Gasteiger partial charge in [-0.25, -0.2) is 0 Å². The van der Waals surface area contributed by atoms with Gasteiger partial charge in [-0.15, -0.1) is 0 Å². The predicted octanol–water partition coefficient (Wildman–Crippen LogP) is 0.698. The average Bonchev–Trinajstić information content (AvgIpc) is 2.31. The minimum atomic E-state index is -0.250. The first-order valence-corrected chi connectivity index (χ1v) is 5.29. The van der Waals surface area contributed by atoms with Crippen LogP contribution >= 0.6 is 0 Å². The zero-order chi connectivity index (χ0) is 15.6. The first-order chi connectivity index (χ1) is 8.22. The summed E-state index contributed by atoms with van der Waals surface area (Å²) in [4.78, 5) is 8.36. The molecule has 0 aromatic heterocycles. The smallest absolute Gasteiger partial charge is 0.290 e. The molecule has 0 saturated carbocycles. The summed E-state index contributed by atoms with van der Waals surface area (Å²) in [5.41, 5.74) is 14.6. The molecule has 0 aromatic rings. The van der Waals surface area contributed by atoms with Crippen LogP contribution in [-0.4, -0.2) is 29.1 Å². The Bertz CT molecular complexity index is 197. The minimum Gasteiger partial charge on any atom is -0.483 e. The predicted molar refractivity (Wildman–Crippen MR) is 75.3 cm³/mol. The van der Waals surface area contributed by atoms with E-state index in [0.717, 1.165) is 0 Å². The van der Waals surface area contributed by atoms with E-state index in [9.17, 15) is 0 Å². The summed E-state index contributed by atoms with van der Waals surface area (Å²) in [5.74, 6) is 0.764. The molecule has 108 valence electrons. The van der Waals surface area contributed by atoms with Crippen molar-refractivity contribution in [2.24, 2.45) is 17.2 Å². The highest BCUT2D eigenvalue weighted by Crippen LogP contribution is 1.65. The monoisotopic (exact) mass is 262 g/mol. The second-order valence-corrected chi connectivity index (χ2v) is 2.74. The minimum absolute atomic E-state index is 0.250. The molecule has 0 fully saturated rings. The van der Waals surface area contributed by atoms with Crippen LogP contribution in [0.5, 0.6) is 0 Å². The van der Waals surface area contributed by atoms with Crippen molar-refractivity contribution in [1.82, 2.24) is 0 Å². The van der Waals surface area contributed by atoms with Gasteiger partial charge >= 0.3 is 0 Å². The van der Waals surface area contributed by atoms with Crippen LogP contribution in [-0.2, 0) is 4.79 Å². The van der Waals surface area contributed by atoms with Crippen LogP contribution in [0.4, 0.5) is 0 Å². The molecule has 0 aromatic carbocycles. The fourth-order valence-corrected chi connectivity index (χ4v) is 0. The number of hydrogen-bond donors (Lipinski definition) is 7. The number of hydrogen-bond acceptors (Lipinski definition) is 4. The van der Waals surface area contributed by atoms with E-state index in [1.807, 2.05) is 20.8 Å². The lowest BCUT2D eigenvalue weighted by molar-refractivity contribution is -0.122. The van der Waals surface area contributed by atoms with Crippen LogP contribution in [0.2, 0.25) is 0 Å². The Labute approximate surface area is 108 Å². The normalized spacial score (nSPS) is 6.83. The number of rotatable bonds is 3. The van der Waals surface area contributed by atoms with E-state index < -0.39 is 0 Å². The van der Waals surface area contributed by atoms with Gasteiger partial charge in [0.25, 0.3) is 6.47 Å². The average molecular weight is 262 g/mol. The summed E-state index contributed by atoms with van der Waals surface area (Å²) in [5, 5.41) is 26.5. The summed E-state index contributed by atoms with van der Waals surface area (Å²) >= 11 is 0. The maximum Gasteiger partial charge on any atom is 0.290 e. The molecule has 0 atom stereocenters. The molecule has 0 radical (unpaired) electrons. The fourth-order valence-electron chi connectivity index (χ4n) is 0. The Morgan fingerprint density at radius 2 is 0.944 bits per heavy atom. The van der Waals surface area contributed by atoms with Gasteiger partial charge in [-0.3, -0.25) is 21.0 Å². The zero-order valence-corrected chi connectivity index (χ0v) is 11.3. The SMILES string of the molecule is CCC(=N)N.CCC(=N)N.CCC(=N)N.O=CO. The maximum absolute atomic E-state index is 8.36. The van der Waals surface area contributed by atoms with Crippen LogP contribution in [0.3, 0.4) is 0 Å². The third-order valence-electron chi connectivity index (χ3n) is 1.14. The molecule has 0 bridgehead atoms. The molecule has 0 aliphatic rings. The van der Waals surface area contributed by atoms with Crippen LogP contribution in [0, 0.1) is 16.2 Å². The van der Waals surface area contributed by atoms with E-state index in [1.54, 1.807) is 0 Å². The molecule has 0 spiro atoms. The Morgan fingerprint density at radius 3 is 0.944 bits per heavy atom. The van der Waals surface area contributed by atoms with Crippen LogP contribution < -0.4 is 17.2 Å². The van der Waals surface area contributed by atoms with Gasteiger partial charge in [-0.1, -0.05) is 20.8 Å². The highest BCUT2D eigenvalue weighted by Gasteiger charge is 1.71. The summed E-state index contributed by atoms with van der Waals surface area (Å²) in [7, 11) is 0. The number of carbonyl (C=O) groups is 1. The molecule has 8 nitrogen and oxygen atoms in total. The Kier molecular flexibility index (Phi) is 33.5. The molecule has 0 saturated heterocycles. The van der Waals surface area contributed by atoms with Crippen molar-refractivity contribution in [3.8, 4) is 0 Å². The summed E-state index contributed by atoms with van der Waals surface area (Å²) in [6.07, 6.45) is 2.00. The van der Waals surface area contributed by atoms with Gasteiger partial charge in [0.05, 0.1) is 17.5 Å². The molecule has 10 N–H and O–H groups in total. The number of amidine groups is 3. The molecule has 0 rings (SSSR count). The van der Waals surface area contributed by atoms with Crippen molar-refractivity contribution in [2.45, 2.75) is 40.0 Å². The standard InChI is InChI=1S/3C3H8N2.CH2O2/c3*1-2-3(4)5;2-1-3/h3*2H2,1H3,(H3,4,5);1H,(H,2,3). The van der Waals surface area contributed by atoms with Crippen LogP contribution in [0.25, 0.3) is 0 Å². The van der Waals surface area contributed by atoms with E-state index in [0.29, 0.717) is 19.3 Å². The van der Waals surface area contributed by atoms with Gasteiger partial charge in [0.2, 0.25) is 0 Å². The number of nitrogens with two attached hydrogens (primary N) is 3. The van der Waals surface area contributed by atoms with Gasteiger partial charge in [0.1, 0.15) is 0 Å². The van der Waals surface area contributed by atoms with Crippen LogP contribution in [0.1, 0.15) is 40.0 Å². The topological polar surface area (TPSA) is 187 Å². The second-order valence-electron chi connectivity index (χ2n) is 2.74. The first kappa shape index (κ1) is 24.9. The van der Waals surface area contributed by atoms with E-state index in [1.165, 1.54) is 0 Å². The van der Waals surface area contributed by atoms with Crippen molar-refractivity contribution < 1.29 is 9.90 Å². The lowest BCUT2D eigenvalue weighted by Crippen LogP contribution is -2.05. The molecule has 0 amide bonds. The van der Waals surface area contributed by atoms with Crippen molar-refractivity contribution in [3.63, 3.8) is 0 Å². The molecule has 0 unspecified atom stereocenters. The van der Waals surface area contributed by atoms with Gasteiger partial charge in [-0.05, 0) is 0 Å². The lowest BCUT2D eigenvalue weighted by Gasteiger charge is -1.79. The van der Waals surface area contributed by atoms with Crippen molar-refractivity contribution in [2.75, 3.05) is 0 Å². The van der Waals surface area contributed by atoms with E-state index in [4.69, 9.17) is 43.3 Å². The Hall–Kier alpha value is -2.12. The second kappa shape index (κ2) is 24.2. The fraction of sp³-hybridized carbons (Fsp3) is 0.600. The first-order valence-electron chi connectivity index (χ1n) is 5.29. The van der Waals surface area contributed by atoms with Gasteiger partial charge in [0.15, 0.2) is 0 Å². The van der Waals surface area contributed by atoms with Gasteiger partial charge < -0.3 is 22.3 Å². The number of carboxylic acid groups (broad SMARTS) is 1. The molecular formula is C10H26N6O2. The van der Waals surface area contributed by atoms with Crippen molar-refractivity contribution in [1.29, 1.82) is 16.2 Å². The molecule has 8 heteroatoms. The summed E-state index contributed by atoms with van der Waals surface area (Å²) in [6.45, 7) is 5.30. The summed E-state index contributed by atoms with van der Waals surface area (Å²) < 4.78 is 0. The third kappa shape index (κ3) is 153. The Balaban J connectivity index is -0.0000000739. The van der Waals surface area contributed by atoms with Gasteiger partial charge in [0, 0.05) is 19.3 Å². The lowest BCUT2D eigenvalue weighted by atomic mass is 10.5. The van der Waals surface area contributed by atoms with Crippen molar-refractivity contribution in [3.05, 3.63) is 0 Å². The quantitative estimate of drug-likeness (QED) is 0.223. The molecule has 0 heterocycles. The van der Waals surface area contributed by atoms with E-state index in [2.05, 4.69) is 0 Å². The molecular weight excluding hydrogens is 236 g/mol. The largest absolute Gasteiger partial charge is 0.483 e. The third-order valence-corrected chi connectivity index (χ3v) is 1.14. The Morgan fingerprint density at radius 1 is 0.889 bits per heavy atom. The van der Waals surface area contributed by atoms with Crippen molar-refractivity contribution >= 4 is 24.0 Å². The molecule has 0 aliphatic heterocycles.